The summed E-state index contributed by atoms with van der Waals surface area (Å²) in [7, 11) is 0. The predicted octanol–water partition coefficient (Wildman–Crippen LogP) is 1.79. The van der Waals surface area contributed by atoms with Crippen molar-refractivity contribution in [3.05, 3.63) is 33.9 Å². The van der Waals surface area contributed by atoms with Crippen LogP contribution in [0.3, 0.4) is 0 Å². The molecule has 25 heavy (non-hydrogen) atoms. The van der Waals surface area contributed by atoms with Crippen LogP contribution in [0.25, 0.3) is 0 Å². The minimum absolute atomic E-state index is 0.0400. The fourth-order valence-corrected chi connectivity index (χ4v) is 3.03. The lowest BCUT2D eigenvalue weighted by Gasteiger charge is -2.45. The van der Waals surface area contributed by atoms with E-state index in [0.717, 1.165) is 13.1 Å². The Kier molecular flexibility index (Phi) is 5.64. The predicted molar refractivity (Wildman–Crippen MR) is 95.5 cm³/mol. The summed E-state index contributed by atoms with van der Waals surface area (Å²) < 4.78 is 5.75. The maximum atomic E-state index is 12.4. The zero-order chi connectivity index (χ0) is 18.8. The van der Waals surface area contributed by atoms with Crippen molar-refractivity contribution in [3.8, 4) is 0 Å². The highest BCUT2D eigenvalue weighted by Gasteiger charge is 2.33. The second-order valence-electron chi connectivity index (χ2n) is 7.19. The highest BCUT2D eigenvalue weighted by molar-refractivity contribution is 5.95. The molecule has 1 aliphatic rings. The molecule has 2 rings (SSSR count). The summed E-state index contributed by atoms with van der Waals surface area (Å²) in [5, 5.41) is 13.8. The molecule has 0 radical (unpaired) electrons. The van der Waals surface area contributed by atoms with E-state index < -0.39 is 4.92 Å². The molecule has 1 heterocycles. The summed E-state index contributed by atoms with van der Waals surface area (Å²) in [5.41, 5.74) is 5.30. The molecule has 1 amide bonds. The third-order valence-corrected chi connectivity index (χ3v) is 4.45. The maximum Gasteiger partial charge on any atom is 0.292 e. The van der Waals surface area contributed by atoms with Crippen LogP contribution in [-0.4, -0.2) is 53.1 Å². The van der Waals surface area contributed by atoms with Gasteiger partial charge in [-0.1, -0.05) is 0 Å². The topological polar surface area (TPSA) is 111 Å². The molecule has 1 aliphatic heterocycles. The zero-order valence-corrected chi connectivity index (χ0v) is 15.1. The summed E-state index contributed by atoms with van der Waals surface area (Å²) in [4.78, 5) is 25.0. The Labute approximate surface area is 147 Å². The molecule has 0 aliphatic carbocycles. The number of rotatable bonds is 5. The first-order valence-corrected chi connectivity index (χ1v) is 8.33. The molecule has 0 unspecified atom stereocenters. The molecule has 2 atom stereocenters. The zero-order valence-electron chi connectivity index (χ0n) is 15.1. The molecular formula is C17H26N4O4. The molecule has 1 aromatic rings. The van der Waals surface area contributed by atoms with Gasteiger partial charge in [0.1, 0.15) is 5.69 Å². The molecular weight excluding hydrogens is 324 g/mol. The number of anilines is 1. The van der Waals surface area contributed by atoms with Gasteiger partial charge in [0.25, 0.3) is 11.6 Å². The molecule has 0 spiro atoms. The van der Waals surface area contributed by atoms with E-state index in [0.29, 0.717) is 6.54 Å². The quantitative estimate of drug-likeness (QED) is 0.476. The van der Waals surface area contributed by atoms with E-state index in [1.54, 1.807) is 0 Å². The van der Waals surface area contributed by atoms with Gasteiger partial charge < -0.3 is 15.8 Å². The van der Waals surface area contributed by atoms with E-state index in [-0.39, 0.29) is 40.6 Å². The monoisotopic (exact) mass is 350 g/mol. The Bertz CT molecular complexity index is 652. The molecule has 0 saturated carbocycles. The van der Waals surface area contributed by atoms with Gasteiger partial charge in [0.2, 0.25) is 0 Å². The van der Waals surface area contributed by atoms with E-state index in [2.05, 4.69) is 24.1 Å². The number of nitrogens with zero attached hydrogens (tertiary/aromatic N) is 2. The third kappa shape index (κ3) is 4.67. The first kappa shape index (κ1) is 19.1. The Morgan fingerprint density at radius 3 is 2.56 bits per heavy atom. The van der Waals surface area contributed by atoms with Gasteiger partial charge in [0.05, 0.1) is 17.1 Å². The van der Waals surface area contributed by atoms with E-state index in [9.17, 15) is 14.9 Å². The van der Waals surface area contributed by atoms with Gasteiger partial charge in [-0.3, -0.25) is 19.8 Å². The van der Waals surface area contributed by atoms with Crippen LogP contribution < -0.4 is 11.1 Å². The summed E-state index contributed by atoms with van der Waals surface area (Å²) in [6.07, 6.45) is 0.275. The molecule has 3 N–H and O–H groups in total. The molecule has 0 aromatic heterocycles. The number of carbonyl (C=O) groups excluding carboxylic acids is 1. The number of carbonyl (C=O) groups is 1. The van der Waals surface area contributed by atoms with Crippen LogP contribution in [0.15, 0.2) is 18.2 Å². The average Bonchev–Trinajstić information content (AvgIpc) is 2.52. The standard InChI is InChI=1S/C17H26N4O4/c1-11-8-20(9-12(2)25-11)17(3,4)10-19-16(22)13-5-6-14(18)15(7-13)21(23)24/h5-7,11-12H,8-10,18H2,1-4H3,(H,19,22)/t11-,12-/m0/s1. The number of morpholine rings is 1. The van der Waals surface area contributed by atoms with Crippen LogP contribution >= 0.6 is 0 Å². The van der Waals surface area contributed by atoms with Crippen molar-refractivity contribution in [2.24, 2.45) is 0 Å². The van der Waals surface area contributed by atoms with E-state index >= 15 is 0 Å². The number of ether oxygens (including phenoxy) is 1. The number of nitrogens with two attached hydrogens (primary N) is 1. The summed E-state index contributed by atoms with van der Waals surface area (Å²) >= 11 is 0. The average molecular weight is 350 g/mol. The van der Waals surface area contributed by atoms with Crippen molar-refractivity contribution in [1.82, 2.24) is 10.2 Å². The van der Waals surface area contributed by atoms with Crippen LogP contribution in [0.4, 0.5) is 11.4 Å². The van der Waals surface area contributed by atoms with Gasteiger partial charge in [-0.05, 0) is 39.8 Å². The number of hydrogen-bond donors (Lipinski definition) is 2. The number of amides is 1. The van der Waals surface area contributed by atoms with Crippen LogP contribution in [-0.2, 0) is 4.74 Å². The smallest absolute Gasteiger partial charge is 0.292 e. The molecule has 1 saturated heterocycles. The Hall–Kier alpha value is -2.19. The Morgan fingerprint density at radius 1 is 1.40 bits per heavy atom. The van der Waals surface area contributed by atoms with Crippen LogP contribution in [0.1, 0.15) is 38.1 Å². The molecule has 8 nitrogen and oxygen atoms in total. The van der Waals surface area contributed by atoms with Crippen molar-refractivity contribution in [1.29, 1.82) is 0 Å². The van der Waals surface area contributed by atoms with Gasteiger partial charge in [-0.15, -0.1) is 0 Å². The van der Waals surface area contributed by atoms with E-state index in [4.69, 9.17) is 10.5 Å². The lowest BCUT2D eigenvalue weighted by Crippen LogP contribution is -2.58. The van der Waals surface area contributed by atoms with Gasteiger partial charge in [-0.2, -0.15) is 0 Å². The van der Waals surface area contributed by atoms with Crippen molar-refractivity contribution in [2.75, 3.05) is 25.4 Å². The van der Waals surface area contributed by atoms with Crippen LogP contribution in [0.2, 0.25) is 0 Å². The SMILES string of the molecule is C[C@H]1CN(C(C)(C)CNC(=O)c2ccc(N)c([N+](=O)[O-])c2)C[C@H](C)O1. The summed E-state index contributed by atoms with van der Waals surface area (Å²) in [6, 6.07) is 4.07. The fraction of sp³-hybridized carbons (Fsp3) is 0.588. The van der Waals surface area contributed by atoms with Gasteiger partial charge in [0, 0.05) is 36.8 Å². The number of nitro benzene ring substituents is 1. The molecule has 8 heteroatoms. The van der Waals surface area contributed by atoms with Gasteiger partial charge >= 0.3 is 0 Å². The van der Waals surface area contributed by atoms with Crippen LogP contribution in [0.5, 0.6) is 0 Å². The minimum Gasteiger partial charge on any atom is -0.393 e. The normalized spacial score (nSPS) is 21.8. The summed E-state index contributed by atoms with van der Waals surface area (Å²) in [6.45, 7) is 10.2. The van der Waals surface area contributed by atoms with Gasteiger partial charge in [-0.25, -0.2) is 0 Å². The van der Waals surface area contributed by atoms with Crippen molar-refractivity contribution < 1.29 is 14.5 Å². The van der Waals surface area contributed by atoms with Crippen molar-refractivity contribution in [2.45, 2.75) is 45.4 Å². The first-order valence-electron chi connectivity index (χ1n) is 8.33. The number of nitro groups is 1. The van der Waals surface area contributed by atoms with E-state index in [1.807, 2.05) is 13.8 Å². The second kappa shape index (κ2) is 7.37. The first-order chi connectivity index (χ1) is 11.6. The van der Waals surface area contributed by atoms with Crippen molar-refractivity contribution in [3.63, 3.8) is 0 Å². The Morgan fingerprint density at radius 2 is 2.00 bits per heavy atom. The fourth-order valence-electron chi connectivity index (χ4n) is 3.03. The molecule has 0 bridgehead atoms. The third-order valence-electron chi connectivity index (χ3n) is 4.45. The number of hydrogen-bond acceptors (Lipinski definition) is 6. The maximum absolute atomic E-state index is 12.4. The summed E-state index contributed by atoms with van der Waals surface area (Å²) in [5.74, 6) is -0.356. The number of nitrogen functional groups attached to an aromatic ring is 1. The highest BCUT2D eigenvalue weighted by atomic mass is 16.6. The van der Waals surface area contributed by atoms with E-state index in [1.165, 1.54) is 18.2 Å². The highest BCUT2D eigenvalue weighted by Crippen LogP contribution is 2.23. The second-order valence-corrected chi connectivity index (χ2v) is 7.19. The largest absolute Gasteiger partial charge is 0.393 e. The molecule has 1 aromatic carbocycles. The lowest BCUT2D eigenvalue weighted by molar-refractivity contribution is -0.383. The van der Waals surface area contributed by atoms with Crippen LogP contribution in [0, 0.1) is 10.1 Å². The van der Waals surface area contributed by atoms with Crippen molar-refractivity contribution >= 4 is 17.3 Å². The van der Waals surface area contributed by atoms with Gasteiger partial charge in [0.15, 0.2) is 0 Å². The number of benzene rings is 1. The molecule has 1 fully saturated rings. The lowest BCUT2D eigenvalue weighted by atomic mass is 10.00. The molecule has 138 valence electrons. The minimum atomic E-state index is -0.591. The number of nitrogens with one attached hydrogen (secondary N) is 1. The Balaban J connectivity index is 2.03.